The number of aromatic nitrogens is 1. The highest BCUT2D eigenvalue weighted by Gasteiger charge is 2.13. The molecule has 0 aliphatic carbocycles. The molecule has 0 fully saturated rings. The molecular formula is C14H23N3O. The zero-order chi connectivity index (χ0) is 13.5. The zero-order valence-corrected chi connectivity index (χ0v) is 11.7. The number of pyridine rings is 1. The molecule has 0 radical (unpaired) electrons. The topological polar surface area (TPSA) is 45.2 Å². The molecule has 1 heterocycles. The second-order valence-corrected chi connectivity index (χ2v) is 4.87. The Morgan fingerprint density at radius 3 is 2.83 bits per heavy atom. The second kappa shape index (κ2) is 6.99. The van der Waals surface area contributed by atoms with Gasteiger partial charge in [-0.05, 0) is 31.4 Å². The molecule has 0 saturated carbocycles. The lowest BCUT2D eigenvalue weighted by Crippen LogP contribution is -2.29. The van der Waals surface area contributed by atoms with Gasteiger partial charge < -0.3 is 10.2 Å². The van der Waals surface area contributed by atoms with Crippen molar-refractivity contribution >= 4 is 11.6 Å². The van der Waals surface area contributed by atoms with Crippen LogP contribution in [0.1, 0.15) is 37.7 Å². The van der Waals surface area contributed by atoms with E-state index in [0.29, 0.717) is 11.6 Å². The van der Waals surface area contributed by atoms with Gasteiger partial charge in [-0.25, -0.2) is 0 Å². The van der Waals surface area contributed by atoms with E-state index in [1.807, 2.05) is 20.0 Å². The lowest BCUT2D eigenvalue weighted by atomic mass is 10.1. The van der Waals surface area contributed by atoms with Crippen LogP contribution in [0, 0.1) is 5.92 Å². The molecule has 0 aromatic carbocycles. The third-order valence-electron chi connectivity index (χ3n) is 2.75. The number of carbonyl (C=O) groups excluding carboxylic acids is 1. The normalized spacial score (nSPS) is 10.5. The zero-order valence-electron chi connectivity index (χ0n) is 11.7. The molecule has 4 heteroatoms. The van der Waals surface area contributed by atoms with Crippen molar-refractivity contribution in [3.8, 4) is 0 Å². The van der Waals surface area contributed by atoms with Crippen LogP contribution in [-0.4, -0.2) is 35.9 Å². The highest BCUT2D eigenvalue weighted by molar-refractivity contribution is 5.92. The minimum atomic E-state index is -0.0181. The molecule has 4 nitrogen and oxygen atoms in total. The first kappa shape index (κ1) is 14.5. The summed E-state index contributed by atoms with van der Waals surface area (Å²) in [4.78, 5) is 18.0. The molecule has 0 aliphatic rings. The SMILES string of the molecule is CCNc1ccnc(C(=O)N(C)CCC(C)C)c1. The van der Waals surface area contributed by atoms with Gasteiger partial charge in [-0.15, -0.1) is 0 Å². The number of amides is 1. The standard InChI is InChI=1S/C14H23N3O/c1-5-15-12-6-8-16-13(10-12)14(18)17(4)9-7-11(2)3/h6,8,10-11H,5,7,9H2,1-4H3,(H,15,16). The molecule has 0 spiro atoms. The van der Waals surface area contributed by atoms with Crippen molar-refractivity contribution in [2.24, 2.45) is 5.92 Å². The molecule has 1 aromatic heterocycles. The molecule has 1 aromatic rings. The molecule has 0 unspecified atom stereocenters. The monoisotopic (exact) mass is 249 g/mol. The van der Waals surface area contributed by atoms with E-state index in [1.54, 1.807) is 17.2 Å². The van der Waals surface area contributed by atoms with Crippen molar-refractivity contribution in [2.75, 3.05) is 25.5 Å². The molecule has 0 bridgehead atoms. The summed E-state index contributed by atoms with van der Waals surface area (Å²) < 4.78 is 0. The molecular weight excluding hydrogens is 226 g/mol. The minimum absolute atomic E-state index is 0.0181. The minimum Gasteiger partial charge on any atom is -0.385 e. The summed E-state index contributed by atoms with van der Waals surface area (Å²) in [5, 5.41) is 3.18. The van der Waals surface area contributed by atoms with Gasteiger partial charge in [0, 0.05) is 32.0 Å². The molecule has 100 valence electrons. The van der Waals surface area contributed by atoms with Crippen LogP contribution >= 0.6 is 0 Å². The summed E-state index contributed by atoms with van der Waals surface area (Å²) >= 11 is 0. The highest BCUT2D eigenvalue weighted by atomic mass is 16.2. The van der Waals surface area contributed by atoms with Crippen molar-refractivity contribution in [3.05, 3.63) is 24.0 Å². The number of carbonyl (C=O) groups is 1. The lowest BCUT2D eigenvalue weighted by Gasteiger charge is -2.18. The smallest absolute Gasteiger partial charge is 0.272 e. The summed E-state index contributed by atoms with van der Waals surface area (Å²) in [6, 6.07) is 3.67. The Kier molecular flexibility index (Phi) is 5.62. The number of rotatable bonds is 6. The summed E-state index contributed by atoms with van der Waals surface area (Å²) in [5.41, 5.74) is 1.44. The number of hydrogen-bond donors (Lipinski definition) is 1. The summed E-state index contributed by atoms with van der Waals surface area (Å²) in [6.45, 7) is 7.94. The van der Waals surface area contributed by atoms with E-state index in [2.05, 4.69) is 24.1 Å². The van der Waals surface area contributed by atoms with Crippen LogP contribution in [0.3, 0.4) is 0 Å². The Morgan fingerprint density at radius 2 is 2.22 bits per heavy atom. The van der Waals surface area contributed by atoms with Gasteiger partial charge in [0.1, 0.15) is 5.69 Å². The molecule has 18 heavy (non-hydrogen) atoms. The van der Waals surface area contributed by atoms with Crippen molar-refractivity contribution in [3.63, 3.8) is 0 Å². The Bertz CT molecular complexity index is 390. The summed E-state index contributed by atoms with van der Waals surface area (Å²) in [7, 11) is 1.83. The van der Waals surface area contributed by atoms with E-state index in [1.165, 1.54) is 0 Å². The van der Waals surface area contributed by atoms with Crippen LogP contribution in [0.5, 0.6) is 0 Å². The van der Waals surface area contributed by atoms with Crippen LogP contribution < -0.4 is 5.32 Å². The van der Waals surface area contributed by atoms with Gasteiger partial charge in [-0.3, -0.25) is 9.78 Å². The first-order valence-corrected chi connectivity index (χ1v) is 6.50. The predicted molar refractivity (Wildman–Crippen MR) is 74.8 cm³/mol. The van der Waals surface area contributed by atoms with Crippen LogP contribution in [0.2, 0.25) is 0 Å². The van der Waals surface area contributed by atoms with Gasteiger partial charge in [0.05, 0.1) is 0 Å². The molecule has 1 N–H and O–H groups in total. The maximum Gasteiger partial charge on any atom is 0.272 e. The molecule has 0 atom stereocenters. The van der Waals surface area contributed by atoms with Crippen LogP contribution in [-0.2, 0) is 0 Å². The molecule has 1 amide bonds. The van der Waals surface area contributed by atoms with Crippen molar-refractivity contribution in [1.29, 1.82) is 0 Å². The fraction of sp³-hybridized carbons (Fsp3) is 0.571. The number of anilines is 1. The van der Waals surface area contributed by atoms with Gasteiger partial charge in [0.25, 0.3) is 5.91 Å². The number of nitrogens with zero attached hydrogens (tertiary/aromatic N) is 2. The Hall–Kier alpha value is -1.58. The van der Waals surface area contributed by atoms with Crippen molar-refractivity contribution in [1.82, 2.24) is 9.88 Å². The largest absolute Gasteiger partial charge is 0.385 e. The van der Waals surface area contributed by atoms with E-state index in [0.717, 1.165) is 25.2 Å². The molecule has 0 saturated heterocycles. The Labute approximate surface area is 109 Å². The van der Waals surface area contributed by atoms with E-state index in [4.69, 9.17) is 0 Å². The highest BCUT2D eigenvalue weighted by Crippen LogP contribution is 2.10. The van der Waals surface area contributed by atoms with E-state index >= 15 is 0 Å². The van der Waals surface area contributed by atoms with Gasteiger partial charge >= 0.3 is 0 Å². The number of hydrogen-bond acceptors (Lipinski definition) is 3. The van der Waals surface area contributed by atoms with Gasteiger partial charge in [0.15, 0.2) is 0 Å². The first-order valence-electron chi connectivity index (χ1n) is 6.50. The van der Waals surface area contributed by atoms with Gasteiger partial charge in [-0.1, -0.05) is 13.8 Å². The van der Waals surface area contributed by atoms with Crippen molar-refractivity contribution < 1.29 is 4.79 Å². The lowest BCUT2D eigenvalue weighted by molar-refractivity contribution is 0.0783. The summed E-state index contributed by atoms with van der Waals surface area (Å²) in [6.07, 6.45) is 2.68. The average Bonchev–Trinajstić information content (AvgIpc) is 2.35. The Morgan fingerprint density at radius 1 is 1.50 bits per heavy atom. The second-order valence-electron chi connectivity index (χ2n) is 4.87. The van der Waals surface area contributed by atoms with E-state index in [9.17, 15) is 4.79 Å². The molecule has 0 aliphatic heterocycles. The molecule has 1 rings (SSSR count). The quantitative estimate of drug-likeness (QED) is 0.843. The van der Waals surface area contributed by atoms with Crippen LogP contribution in [0.4, 0.5) is 5.69 Å². The fourth-order valence-corrected chi connectivity index (χ4v) is 1.61. The predicted octanol–water partition coefficient (Wildman–Crippen LogP) is 2.63. The van der Waals surface area contributed by atoms with Gasteiger partial charge in [-0.2, -0.15) is 0 Å². The van der Waals surface area contributed by atoms with E-state index in [-0.39, 0.29) is 5.91 Å². The Balaban J connectivity index is 2.67. The fourth-order valence-electron chi connectivity index (χ4n) is 1.61. The third kappa shape index (κ3) is 4.35. The summed E-state index contributed by atoms with van der Waals surface area (Å²) in [5.74, 6) is 0.580. The maximum atomic E-state index is 12.1. The van der Waals surface area contributed by atoms with Crippen LogP contribution in [0.15, 0.2) is 18.3 Å². The average molecular weight is 249 g/mol. The van der Waals surface area contributed by atoms with E-state index < -0.39 is 0 Å². The number of nitrogens with one attached hydrogen (secondary N) is 1. The maximum absolute atomic E-state index is 12.1. The first-order chi connectivity index (χ1) is 8.54. The van der Waals surface area contributed by atoms with Crippen LogP contribution in [0.25, 0.3) is 0 Å². The van der Waals surface area contributed by atoms with Crippen molar-refractivity contribution in [2.45, 2.75) is 27.2 Å². The van der Waals surface area contributed by atoms with Gasteiger partial charge in [0.2, 0.25) is 0 Å². The third-order valence-corrected chi connectivity index (χ3v) is 2.75.